The van der Waals surface area contributed by atoms with E-state index in [-0.39, 0.29) is 12.5 Å². The first-order valence-electron chi connectivity index (χ1n) is 6.38. The lowest BCUT2D eigenvalue weighted by molar-refractivity contribution is -0.123. The molecule has 0 aliphatic carbocycles. The Balaban J connectivity index is 1.73. The second-order valence-corrected chi connectivity index (χ2v) is 4.28. The summed E-state index contributed by atoms with van der Waals surface area (Å²) in [5.41, 5.74) is 2.30. The van der Waals surface area contributed by atoms with Gasteiger partial charge in [0.2, 0.25) is 0 Å². The van der Waals surface area contributed by atoms with Crippen molar-refractivity contribution in [3.8, 4) is 5.75 Å². The Morgan fingerprint density at radius 1 is 1.21 bits per heavy atom. The van der Waals surface area contributed by atoms with E-state index in [1.807, 2.05) is 42.7 Å². The molecule has 2 aromatic rings. The number of amides is 1. The van der Waals surface area contributed by atoms with Crippen molar-refractivity contribution >= 4 is 5.91 Å². The molecule has 0 spiro atoms. The molecule has 19 heavy (non-hydrogen) atoms. The lowest BCUT2D eigenvalue weighted by atomic mass is 10.2. The highest BCUT2D eigenvalue weighted by Gasteiger charge is 2.03. The number of hydrogen-bond acceptors (Lipinski definition) is 2. The molecule has 1 heterocycles. The Morgan fingerprint density at radius 2 is 2.00 bits per heavy atom. The third-order valence-corrected chi connectivity index (χ3v) is 2.85. The minimum atomic E-state index is -0.124. The molecule has 1 aromatic carbocycles. The first-order valence-corrected chi connectivity index (χ1v) is 6.38. The van der Waals surface area contributed by atoms with Crippen molar-refractivity contribution in [3.63, 3.8) is 0 Å². The number of nitrogens with one attached hydrogen (secondary N) is 2. The summed E-state index contributed by atoms with van der Waals surface area (Å²) in [5.74, 6) is 0.592. The average molecular weight is 258 g/mol. The highest BCUT2D eigenvalue weighted by Crippen LogP contribution is 2.12. The summed E-state index contributed by atoms with van der Waals surface area (Å²) in [7, 11) is 0. The van der Waals surface area contributed by atoms with E-state index in [1.54, 1.807) is 0 Å². The molecular weight excluding hydrogens is 240 g/mol. The molecule has 100 valence electrons. The lowest BCUT2D eigenvalue weighted by Gasteiger charge is -2.07. The number of ether oxygens (including phenoxy) is 1. The standard InChI is InChI=1S/C15H18N2O2/c1-2-12-3-5-14(6-4-12)19-11-15(18)17-10-13-7-8-16-9-13/h3-9,16H,2,10-11H2,1H3,(H,17,18). The monoisotopic (exact) mass is 258 g/mol. The molecule has 0 saturated carbocycles. The van der Waals surface area contributed by atoms with Crippen molar-refractivity contribution in [2.45, 2.75) is 19.9 Å². The van der Waals surface area contributed by atoms with Crippen molar-refractivity contribution in [2.24, 2.45) is 0 Å². The Bertz CT molecular complexity index is 503. The van der Waals surface area contributed by atoms with Gasteiger partial charge in [0.05, 0.1) is 0 Å². The molecule has 0 radical (unpaired) electrons. The highest BCUT2D eigenvalue weighted by atomic mass is 16.5. The number of carbonyl (C=O) groups excluding carboxylic acids is 1. The molecule has 0 aliphatic heterocycles. The maximum absolute atomic E-state index is 11.6. The zero-order valence-electron chi connectivity index (χ0n) is 11.0. The van der Waals surface area contributed by atoms with Crippen LogP contribution in [0.15, 0.2) is 42.7 Å². The number of benzene rings is 1. The molecule has 1 amide bonds. The summed E-state index contributed by atoms with van der Waals surface area (Å²) < 4.78 is 5.42. The van der Waals surface area contributed by atoms with Crippen LogP contribution in [0.3, 0.4) is 0 Å². The molecular formula is C15H18N2O2. The van der Waals surface area contributed by atoms with Gasteiger partial charge in [0.1, 0.15) is 5.75 Å². The van der Waals surface area contributed by atoms with Gasteiger partial charge in [-0.3, -0.25) is 4.79 Å². The van der Waals surface area contributed by atoms with E-state index in [0.29, 0.717) is 12.3 Å². The molecule has 2 rings (SSSR count). The van der Waals surface area contributed by atoms with Crippen LogP contribution in [0.2, 0.25) is 0 Å². The van der Waals surface area contributed by atoms with Gasteiger partial charge >= 0.3 is 0 Å². The molecule has 0 bridgehead atoms. The second kappa shape index (κ2) is 6.64. The Morgan fingerprint density at radius 3 is 2.63 bits per heavy atom. The summed E-state index contributed by atoms with van der Waals surface area (Å²) in [6.07, 6.45) is 4.68. The number of aromatic amines is 1. The van der Waals surface area contributed by atoms with Crippen LogP contribution >= 0.6 is 0 Å². The third-order valence-electron chi connectivity index (χ3n) is 2.85. The van der Waals surface area contributed by atoms with Crippen LogP contribution in [0.4, 0.5) is 0 Å². The average Bonchev–Trinajstić information content (AvgIpc) is 2.96. The largest absolute Gasteiger partial charge is 0.484 e. The van der Waals surface area contributed by atoms with E-state index in [2.05, 4.69) is 17.2 Å². The SMILES string of the molecule is CCc1ccc(OCC(=O)NCc2cc[nH]c2)cc1. The molecule has 0 unspecified atom stereocenters. The van der Waals surface area contributed by atoms with Gasteiger partial charge in [0.25, 0.3) is 5.91 Å². The number of aromatic nitrogens is 1. The minimum Gasteiger partial charge on any atom is -0.484 e. The van der Waals surface area contributed by atoms with Crippen LogP contribution in [0.25, 0.3) is 0 Å². The molecule has 0 saturated heterocycles. The molecule has 0 atom stereocenters. The van der Waals surface area contributed by atoms with E-state index in [0.717, 1.165) is 12.0 Å². The highest BCUT2D eigenvalue weighted by molar-refractivity contribution is 5.77. The van der Waals surface area contributed by atoms with E-state index in [9.17, 15) is 4.79 Å². The van der Waals surface area contributed by atoms with Crippen LogP contribution in [0.5, 0.6) is 5.75 Å². The zero-order chi connectivity index (χ0) is 13.5. The summed E-state index contributed by atoms with van der Waals surface area (Å²) in [6, 6.07) is 9.71. The van der Waals surface area contributed by atoms with Gasteiger partial charge in [-0.25, -0.2) is 0 Å². The first kappa shape index (κ1) is 13.2. The van der Waals surface area contributed by atoms with Crippen LogP contribution in [-0.4, -0.2) is 17.5 Å². The number of hydrogen-bond donors (Lipinski definition) is 2. The van der Waals surface area contributed by atoms with Crippen LogP contribution < -0.4 is 10.1 Å². The first-order chi connectivity index (χ1) is 9.28. The van der Waals surface area contributed by atoms with Crippen molar-refractivity contribution in [1.82, 2.24) is 10.3 Å². The van der Waals surface area contributed by atoms with Crippen molar-refractivity contribution < 1.29 is 9.53 Å². The second-order valence-electron chi connectivity index (χ2n) is 4.28. The smallest absolute Gasteiger partial charge is 0.258 e. The van der Waals surface area contributed by atoms with Gasteiger partial charge < -0.3 is 15.0 Å². The van der Waals surface area contributed by atoms with Crippen molar-refractivity contribution in [1.29, 1.82) is 0 Å². The van der Waals surface area contributed by atoms with Gasteiger partial charge in [-0.1, -0.05) is 19.1 Å². The predicted octanol–water partition coefficient (Wildman–Crippen LogP) is 2.27. The fourth-order valence-corrected chi connectivity index (χ4v) is 1.69. The van der Waals surface area contributed by atoms with E-state index in [4.69, 9.17) is 4.74 Å². The van der Waals surface area contributed by atoms with Gasteiger partial charge in [0, 0.05) is 18.9 Å². The summed E-state index contributed by atoms with van der Waals surface area (Å²) in [5, 5.41) is 2.79. The number of H-pyrrole nitrogens is 1. The molecule has 4 nitrogen and oxygen atoms in total. The lowest BCUT2D eigenvalue weighted by Crippen LogP contribution is -2.28. The molecule has 2 N–H and O–H groups in total. The summed E-state index contributed by atoms with van der Waals surface area (Å²) in [6.45, 7) is 2.65. The van der Waals surface area contributed by atoms with Gasteiger partial charge in [-0.2, -0.15) is 0 Å². The van der Waals surface area contributed by atoms with Crippen molar-refractivity contribution in [3.05, 3.63) is 53.9 Å². The normalized spacial score (nSPS) is 10.2. The summed E-state index contributed by atoms with van der Waals surface area (Å²) in [4.78, 5) is 14.5. The number of carbonyl (C=O) groups is 1. The third kappa shape index (κ3) is 4.17. The fourth-order valence-electron chi connectivity index (χ4n) is 1.69. The Kier molecular flexibility index (Phi) is 4.61. The van der Waals surface area contributed by atoms with E-state index in [1.165, 1.54) is 5.56 Å². The molecule has 0 fully saturated rings. The maximum Gasteiger partial charge on any atom is 0.258 e. The fraction of sp³-hybridized carbons (Fsp3) is 0.267. The zero-order valence-corrected chi connectivity index (χ0v) is 11.0. The van der Waals surface area contributed by atoms with Crippen LogP contribution in [0.1, 0.15) is 18.1 Å². The van der Waals surface area contributed by atoms with Gasteiger partial charge in [-0.15, -0.1) is 0 Å². The van der Waals surface area contributed by atoms with Crippen LogP contribution in [-0.2, 0) is 17.8 Å². The number of rotatable bonds is 6. The minimum absolute atomic E-state index is 0.0376. The summed E-state index contributed by atoms with van der Waals surface area (Å²) >= 11 is 0. The van der Waals surface area contributed by atoms with Crippen LogP contribution in [0, 0.1) is 0 Å². The molecule has 0 aliphatic rings. The van der Waals surface area contributed by atoms with Crippen molar-refractivity contribution in [2.75, 3.05) is 6.61 Å². The van der Waals surface area contributed by atoms with Gasteiger partial charge in [-0.05, 0) is 35.7 Å². The van der Waals surface area contributed by atoms with E-state index >= 15 is 0 Å². The predicted molar refractivity (Wildman–Crippen MR) is 74.0 cm³/mol. The molecule has 1 aromatic heterocycles. The maximum atomic E-state index is 11.6. The number of aryl methyl sites for hydroxylation is 1. The van der Waals surface area contributed by atoms with Gasteiger partial charge in [0.15, 0.2) is 6.61 Å². The molecule has 4 heteroatoms. The quantitative estimate of drug-likeness (QED) is 0.835. The topological polar surface area (TPSA) is 54.1 Å². The Labute approximate surface area is 112 Å². The van der Waals surface area contributed by atoms with E-state index < -0.39 is 0 Å². The Hall–Kier alpha value is -2.23.